The Balaban J connectivity index is 2.40. The van der Waals surface area contributed by atoms with E-state index in [0.717, 1.165) is 16.0 Å². The second kappa shape index (κ2) is 5.27. The van der Waals surface area contributed by atoms with Gasteiger partial charge in [-0.1, -0.05) is 17.7 Å². The fraction of sp³-hybridized carbons (Fsp3) is 0.167. The van der Waals surface area contributed by atoms with Crippen molar-refractivity contribution in [2.24, 2.45) is 0 Å². The topological polar surface area (TPSA) is 0 Å². The summed E-state index contributed by atoms with van der Waals surface area (Å²) < 4.78 is 13.5. The van der Waals surface area contributed by atoms with Crippen LogP contribution in [0.2, 0.25) is 5.02 Å². The summed E-state index contributed by atoms with van der Waals surface area (Å²) in [6, 6.07) is 4.74. The smallest absolute Gasteiger partial charge is 0.137 e. The summed E-state index contributed by atoms with van der Waals surface area (Å²) in [4.78, 5) is 0.893. The minimum Gasteiger partial charge on any atom is -0.206 e. The van der Waals surface area contributed by atoms with Gasteiger partial charge in [-0.3, -0.25) is 0 Å². The number of hydrogen-bond acceptors (Lipinski definition) is 1. The van der Waals surface area contributed by atoms with Crippen LogP contribution in [0, 0.1) is 12.7 Å². The Hall–Kier alpha value is -0.0900. The van der Waals surface area contributed by atoms with Crippen LogP contribution in [0.15, 0.2) is 28.1 Å². The van der Waals surface area contributed by atoms with E-state index in [1.807, 2.05) is 12.3 Å². The zero-order valence-electron chi connectivity index (χ0n) is 8.81. The Kier molecular flexibility index (Phi) is 4.14. The molecule has 0 amide bonds. The van der Waals surface area contributed by atoms with Gasteiger partial charge in [0.05, 0.1) is 14.9 Å². The summed E-state index contributed by atoms with van der Waals surface area (Å²) in [5.41, 5.74) is 1.84. The van der Waals surface area contributed by atoms with Crippen LogP contribution < -0.4 is 0 Å². The molecule has 0 spiro atoms. The van der Waals surface area contributed by atoms with Crippen molar-refractivity contribution in [1.29, 1.82) is 0 Å². The highest BCUT2D eigenvalue weighted by Gasteiger charge is 2.18. The molecule has 1 aromatic heterocycles. The average molecular weight is 354 g/mol. The Bertz CT molecular complexity index is 553. The van der Waals surface area contributed by atoms with Crippen LogP contribution >= 0.6 is 50.5 Å². The maximum atomic E-state index is 13.1. The lowest BCUT2D eigenvalue weighted by atomic mass is 10.1. The van der Waals surface area contributed by atoms with Gasteiger partial charge >= 0.3 is 0 Å². The average Bonchev–Trinajstić information content (AvgIpc) is 2.63. The van der Waals surface area contributed by atoms with Gasteiger partial charge in [-0.2, -0.15) is 0 Å². The van der Waals surface area contributed by atoms with E-state index in [0.29, 0.717) is 9.50 Å². The van der Waals surface area contributed by atoms with E-state index in [1.54, 1.807) is 12.1 Å². The third kappa shape index (κ3) is 2.68. The van der Waals surface area contributed by atoms with E-state index in [1.165, 1.54) is 17.4 Å². The first-order valence-electron chi connectivity index (χ1n) is 4.83. The van der Waals surface area contributed by atoms with E-state index in [-0.39, 0.29) is 11.2 Å². The molecule has 2 rings (SSSR count). The van der Waals surface area contributed by atoms with Crippen molar-refractivity contribution >= 4 is 50.5 Å². The number of halogens is 4. The molecule has 90 valence electrons. The van der Waals surface area contributed by atoms with E-state index in [9.17, 15) is 4.39 Å². The summed E-state index contributed by atoms with van der Waals surface area (Å²) in [7, 11) is 0. The van der Waals surface area contributed by atoms with Gasteiger partial charge in [0.2, 0.25) is 0 Å². The molecule has 0 radical (unpaired) electrons. The molecule has 0 aliphatic carbocycles. The lowest BCUT2D eigenvalue weighted by molar-refractivity contribution is 0.620. The van der Waals surface area contributed by atoms with Crippen LogP contribution in [-0.2, 0) is 0 Å². The van der Waals surface area contributed by atoms with Crippen LogP contribution in [0.3, 0.4) is 0 Å². The fourth-order valence-electron chi connectivity index (χ4n) is 1.44. The number of benzene rings is 1. The molecule has 0 aliphatic heterocycles. The minimum atomic E-state index is -0.349. The highest BCUT2D eigenvalue weighted by Crippen LogP contribution is 2.40. The maximum Gasteiger partial charge on any atom is 0.137 e. The third-order valence-electron chi connectivity index (χ3n) is 2.39. The van der Waals surface area contributed by atoms with Gasteiger partial charge in [0.15, 0.2) is 0 Å². The molecule has 1 atom stereocenters. The van der Waals surface area contributed by atoms with Crippen LogP contribution in [0.5, 0.6) is 0 Å². The van der Waals surface area contributed by atoms with Crippen molar-refractivity contribution in [3.05, 3.63) is 54.9 Å². The van der Waals surface area contributed by atoms with Gasteiger partial charge in [-0.05, 0) is 51.5 Å². The molecule has 1 unspecified atom stereocenters. The fourth-order valence-corrected chi connectivity index (χ4v) is 3.60. The Labute approximate surface area is 121 Å². The zero-order chi connectivity index (χ0) is 12.6. The van der Waals surface area contributed by atoms with Crippen LogP contribution in [0.1, 0.15) is 21.4 Å². The number of aryl methyl sites for hydroxylation is 1. The van der Waals surface area contributed by atoms with E-state index in [4.69, 9.17) is 23.2 Å². The quantitative estimate of drug-likeness (QED) is 0.586. The lowest BCUT2D eigenvalue weighted by Gasteiger charge is -2.09. The predicted octanol–water partition coefficient (Wildman–Crippen LogP) is 5.94. The Morgan fingerprint density at radius 1 is 1.41 bits per heavy atom. The molecule has 0 N–H and O–H groups in total. The first-order valence-corrected chi connectivity index (χ1v) is 7.32. The molecule has 0 saturated carbocycles. The summed E-state index contributed by atoms with van der Waals surface area (Å²) >= 11 is 17.2. The lowest BCUT2D eigenvalue weighted by Crippen LogP contribution is -1.92. The van der Waals surface area contributed by atoms with Crippen LogP contribution in [0.25, 0.3) is 0 Å². The standard InChI is InChI=1S/C12H8BrCl2FS/c1-6-5-17-12(10(6)14)11(15)7-2-3-9(16)8(13)4-7/h2-5,11H,1H3. The molecule has 1 aromatic carbocycles. The monoisotopic (exact) mass is 352 g/mol. The maximum absolute atomic E-state index is 13.1. The number of hydrogen-bond donors (Lipinski definition) is 0. The second-order valence-corrected chi connectivity index (χ2v) is 6.21. The molecule has 0 bridgehead atoms. The number of alkyl halides is 1. The van der Waals surface area contributed by atoms with Crippen LogP contribution in [0.4, 0.5) is 4.39 Å². The van der Waals surface area contributed by atoms with Crippen molar-refractivity contribution in [3.8, 4) is 0 Å². The van der Waals surface area contributed by atoms with Gasteiger partial charge in [0, 0.05) is 4.88 Å². The number of rotatable bonds is 2. The molecule has 1 heterocycles. The van der Waals surface area contributed by atoms with Crippen molar-refractivity contribution in [3.63, 3.8) is 0 Å². The molecule has 0 aliphatic rings. The molecule has 0 fully saturated rings. The van der Waals surface area contributed by atoms with Gasteiger partial charge in [0.1, 0.15) is 5.82 Å². The van der Waals surface area contributed by atoms with Gasteiger partial charge in [-0.25, -0.2) is 4.39 Å². The molecular weight excluding hydrogens is 346 g/mol. The minimum absolute atomic E-state index is 0.300. The molecular formula is C12H8BrCl2FS. The second-order valence-electron chi connectivity index (χ2n) is 3.63. The van der Waals surface area contributed by atoms with Gasteiger partial charge in [0.25, 0.3) is 0 Å². The summed E-state index contributed by atoms with van der Waals surface area (Å²) in [6.07, 6.45) is 0. The predicted molar refractivity (Wildman–Crippen MR) is 75.9 cm³/mol. The highest BCUT2D eigenvalue weighted by atomic mass is 79.9. The van der Waals surface area contributed by atoms with E-state index in [2.05, 4.69) is 15.9 Å². The number of thiophene rings is 1. The third-order valence-corrected chi connectivity index (χ3v) is 5.38. The Morgan fingerprint density at radius 2 is 2.12 bits per heavy atom. The first kappa shape index (κ1) is 13.3. The van der Waals surface area contributed by atoms with Crippen molar-refractivity contribution in [1.82, 2.24) is 0 Å². The normalized spacial score (nSPS) is 12.8. The molecule has 0 nitrogen and oxygen atoms in total. The van der Waals surface area contributed by atoms with Gasteiger partial charge in [-0.15, -0.1) is 22.9 Å². The zero-order valence-corrected chi connectivity index (χ0v) is 12.7. The first-order chi connectivity index (χ1) is 8.00. The van der Waals surface area contributed by atoms with Crippen LogP contribution in [-0.4, -0.2) is 0 Å². The van der Waals surface area contributed by atoms with Gasteiger partial charge < -0.3 is 0 Å². The molecule has 5 heteroatoms. The highest BCUT2D eigenvalue weighted by molar-refractivity contribution is 9.10. The summed E-state index contributed by atoms with van der Waals surface area (Å²) in [6.45, 7) is 1.94. The van der Waals surface area contributed by atoms with Crippen molar-refractivity contribution < 1.29 is 4.39 Å². The molecule has 17 heavy (non-hydrogen) atoms. The molecule has 2 aromatic rings. The Morgan fingerprint density at radius 3 is 2.65 bits per heavy atom. The van der Waals surface area contributed by atoms with Crippen molar-refractivity contribution in [2.45, 2.75) is 12.3 Å². The van der Waals surface area contributed by atoms with Crippen molar-refractivity contribution in [2.75, 3.05) is 0 Å². The summed E-state index contributed by atoms with van der Waals surface area (Å²) in [5.74, 6) is -0.300. The van der Waals surface area contributed by atoms with E-state index < -0.39 is 0 Å². The largest absolute Gasteiger partial charge is 0.206 e. The summed E-state index contributed by atoms with van der Waals surface area (Å²) in [5, 5.41) is 2.31. The SMILES string of the molecule is Cc1csc(C(Cl)c2ccc(F)c(Br)c2)c1Cl. The molecule has 0 saturated heterocycles. The van der Waals surface area contributed by atoms with E-state index >= 15 is 0 Å².